The van der Waals surface area contributed by atoms with Crippen molar-refractivity contribution in [1.82, 2.24) is 19.9 Å². The fourth-order valence-corrected chi connectivity index (χ4v) is 2.53. The number of oxazole rings is 1. The minimum absolute atomic E-state index is 0.177. The van der Waals surface area contributed by atoms with E-state index in [1.165, 1.54) is 6.07 Å². The topological polar surface area (TPSA) is 55.1 Å². The lowest BCUT2D eigenvalue weighted by Crippen LogP contribution is -2.18. The maximum Gasteiger partial charge on any atom is 0.416 e. The number of benzene rings is 1. The Hall–Kier alpha value is -2.74. The molecule has 8 heteroatoms. The van der Waals surface area contributed by atoms with Crippen LogP contribution in [0, 0.1) is 6.92 Å². The molecule has 0 aliphatic carbocycles. The van der Waals surface area contributed by atoms with E-state index in [-0.39, 0.29) is 5.89 Å². The van der Waals surface area contributed by atoms with Gasteiger partial charge in [-0.1, -0.05) is 6.07 Å². The number of aromatic nitrogens is 3. The molecule has 0 bridgehead atoms. The minimum Gasteiger partial charge on any atom is -0.441 e. The fraction of sp³-hybridized carbons (Fsp3) is 0.278. The quantitative estimate of drug-likeness (QED) is 0.684. The van der Waals surface area contributed by atoms with E-state index in [4.69, 9.17) is 4.42 Å². The molecule has 5 nitrogen and oxygen atoms in total. The van der Waals surface area contributed by atoms with E-state index in [2.05, 4.69) is 15.0 Å². The highest BCUT2D eigenvalue weighted by Gasteiger charge is 2.30. The molecule has 0 radical (unpaired) electrons. The molecule has 3 aromatic rings. The van der Waals surface area contributed by atoms with Crippen LogP contribution in [-0.2, 0) is 19.3 Å². The average Bonchev–Trinajstić information content (AvgIpc) is 2.96. The van der Waals surface area contributed by atoms with Crippen LogP contribution >= 0.6 is 0 Å². The molecule has 2 aromatic heterocycles. The second kappa shape index (κ2) is 7.25. The summed E-state index contributed by atoms with van der Waals surface area (Å²) in [6, 6.07) is 4.96. The molecule has 0 amide bonds. The Morgan fingerprint density at radius 2 is 1.96 bits per heavy atom. The first-order chi connectivity index (χ1) is 12.3. The van der Waals surface area contributed by atoms with E-state index in [1.807, 2.05) is 11.9 Å². The number of hydrogen-bond acceptors (Lipinski definition) is 5. The molecule has 0 saturated heterocycles. The van der Waals surface area contributed by atoms with E-state index in [9.17, 15) is 13.2 Å². The molecule has 1 aromatic carbocycles. The minimum atomic E-state index is -4.41. The van der Waals surface area contributed by atoms with Gasteiger partial charge in [0.15, 0.2) is 0 Å². The summed E-state index contributed by atoms with van der Waals surface area (Å²) in [4.78, 5) is 14.6. The van der Waals surface area contributed by atoms with Gasteiger partial charge in [0.05, 0.1) is 17.0 Å². The third-order valence-corrected chi connectivity index (χ3v) is 3.80. The first kappa shape index (κ1) is 18.1. The Morgan fingerprint density at radius 1 is 1.15 bits per heavy atom. The molecule has 26 heavy (non-hydrogen) atoms. The van der Waals surface area contributed by atoms with Gasteiger partial charge in [0.2, 0.25) is 5.89 Å². The summed E-state index contributed by atoms with van der Waals surface area (Å²) in [6.45, 7) is 2.79. The van der Waals surface area contributed by atoms with Crippen LogP contribution in [0.4, 0.5) is 13.2 Å². The van der Waals surface area contributed by atoms with E-state index in [0.717, 1.165) is 17.8 Å². The Labute approximate surface area is 148 Å². The SMILES string of the molecule is Cc1oc(-c2cccc(C(F)(F)F)c2)nc1CN(C)Cc1cnccn1. The summed E-state index contributed by atoms with van der Waals surface area (Å²) in [5.74, 6) is 0.750. The molecule has 0 atom stereocenters. The Kier molecular flexibility index (Phi) is 5.03. The standard InChI is InChI=1S/C18H17F3N4O/c1-12-16(11-25(2)10-15-9-22-6-7-23-15)24-17(26-12)13-4-3-5-14(8-13)18(19,20)21/h3-9H,10-11H2,1-2H3. The van der Waals surface area contributed by atoms with Crippen molar-refractivity contribution in [2.45, 2.75) is 26.2 Å². The van der Waals surface area contributed by atoms with Gasteiger partial charge in [-0.05, 0) is 32.2 Å². The van der Waals surface area contributed by atoms with Crippen molar-refractivity contribution in [3.05, 3.63) is 65.6 Å². The van der Waals surface area contributed by atoms with Crippen molar-refractivity contribution in [2.75, 3.05) is 7.05 Å². The van der Waals surface area contributed by atoms with Crippen molar-refractivity contribution in [3.8, 4) is 11.5 Å². The second-order valence-electron chi connectivity index (χ2n) is 5.97. The predicted octanol–water partition coefficient (Wildman–Crippen LogP) is 4.09. The largest absolute Gasteiger partial charge is 0.441 e. The number of aryl methyl sites for hydroxylation is 1. The van der Waals surface area contributed by atoms with Crippen LogP contribution in [0.15, 0.2) is 47.3 Å². The van der Waals surface area contributed by atoms with Gasteiger partial charge in [-0.3, -0.25) is 14.9 Å². The van der Waals surface area contributed by atoms with E-state index in [0.29, 0.717) is 30.1 Å². The number of rotatable bonds is 5. The van der Waals surface area contributed by atoms with Crippen molar-refractivity contribution in [1.29, 1.82) is 0 Å². The average molecular weight is 362 g/mol. The van der Waals surface area contributed by atoms with Gasteiger partial charge >= 0.3 is 6.18 Å². The van der Waals surface area contributed by atoms with Crippen LogP contribution in [0.1, 0.15) is 22.7 Å². The van der Waals surface area contributed by atoms with Gasteiger partial charge in [-0.15, -0.1) is 0 Å². The fourth-order valence-electron chi connectivity index (χ4n) is 2.53. The molecule has 0 aliphatic rings. The van der Waals surface area contributed by atoms with Gasteiger partial charge in [0.1, 0.15) is 5.76 Å². The van der Waals surface area contributed by atoms with Gasteiger partial charge < -0.3 is 4.42 Å². The summed E-state index contributed by atoms with van der Waals surface area (Å²) in [7, 11) is 1.90. The zero-order valence-electron chi connectivity index (χ0n) is 14.3. The summed E-state index contributed by atoms with van der Waals surface area (Å²) in [5, 5.41) is 0. The maximum absolute atomic E-state index is 12.9. The van der Waals surface area contributed by atoms with Crippen molar-refractivity contribution < 1.29 is 17.6 Å². The van der Waals surface area contributed by atoms with Crippen LogP contribution in [0.3, 0.4) is 0 Å². The lowest BCUT2D eigenvalue weighted by atomic mass is 10.1. The van der Waals surface area contributed by atoms with Crippen LogP contribution in [0.2, 0.25) is 0 Å². The Bertz CT molecular complexity index is 878. The number of alkyl halides is 3. The predicted molar refractivity (Wildman–Crippen MR) is 88.9 cm³/mol. The molecule has 0 aliphatic heterocycles. The third kappa shape index (κ3) is 4.26. The van der Waals surface area contributed by atoms with Crippen molar-refractivity contribution >= 4 is 0 Å². The smallest absolute Gasteiger partial charge is 0.416 e. The maximum atomic E-state index is 12.9. The van der Waals surface area contributed by atoms with Crippen LogP contribution in [-0.4, -0.2) is 26.9 Å². The molecule has 2 heterocycles. The van der Waals surface area contributed by atoms with E-state index in [1.54, 1.807) is 31.6 Å². The molecule has 136 valence electrons. The molecule has 3 rings (SSSR count). The Balaban J connectivity index is 1.77. The zero-order chi connectivity index (χ0) is 18.7. The summed E-state index contributed by atoms with van der Waals surface area (Å²) >= 11 is 0. The van der Waals surface area contributed by atoms with Crippen LogP contribution < -0.4 is 0 Å². The first-order valence-corrected chi connectivity index (χ1v) is 7.90. The van der Waals surface area contributed by atoms with E-state index < -0.39 is 11.7 Å². The second-order valence-corrected chi connectivity index (χ2v) is 5.97. The summed E-state index contributed by atoms with van der Waals surface area (Å²) < 4.78 is 44.2. The van der Waals surface area contributed by atoms with E-state index >= 15 is 0 Å². The number of hydrogen-bond donors (Lipinski definition) is 0. The Morgan fingerprint density at radius 3 is 2.65 bits per heavy atom. The highest BCUT2D eigenvalue weighted by atomic mass is 19.4. The molecule has 0 fully saturated rings. The van der Waals surface area contributed by atoms with Crippen LogP contribution in [0.5, 0.6) is 0 Å². The third-order valence-electron chi connectivity index (χ3n) is 3.80. The summed E-state index contributed by atoms with van der Waals surface area (Å²) in [5.41, 5.74) is 1.05. The lowest BCUT2D eigenvalue weighted by Gasteiger charge is -2.14. The molecular formula is C18H17F3N4O. The zero-order valence-corrected chi connectivity index (χ0v) is 14.3. The lowest BCUT2D eigenvalue weighted by molar-refractivity contribution is -0.137. The van der Waals surface area contributed by atoms with Gasteiger partial charge in [-0.2, -0.15) is 13.2 Å². The molecule has 0 unspecified atom stereocenters. The normalized spacial score (nSPS) is 11.9. The molecule has 0 saturated carbocycles. The number of nitrogens with zero attached hydrogens (tertiary/aromatic N) is 4. The van der Waals surface area contributed by atoms with Crippen molar-refractivity contribution in [2.24, 2.45) is 0 Å². The first-order valence-electron chi connectivity index (χ1n) is 7.90. The highest BCUT2D eigenvalue weighted by Crippen LogP contribution is 2.32. The summed E-state index contributed by atoms with van der Waals surface area (Å²) in [6.07, 6.45) is 0.501. The van der Waals surface area contributed by atoms with Crippen molar-refractivity contribution in [3.63, 3.8) is 0 Å². The molecule has 0 spiro atoms. The molecule has 0 N–H and O–H groups in total. The van der Waals surface area contributed by atoms with Gasteiger partial charge in [0.25, 0.3) is 0 Å². The monoisotopic (exact) mass is 362 g/mol. The number of halogens is 3. The van der Waals surface area contributed by atoms with Gasteiger partial charge in [-0.25, -0.2) is 4.98 Å². The van der Waals surface area contributed by atoms with Gasteiger partial charge in [0, 0.05) is 37.2 Å². The molecular weight excluding hydrogens is 345 g/mol. The van der Waals surface area contributed by atoms with Crippen LogP contribution in [0.25, 0.3) is 11.5 Å². The highest BCUT2D eigenvalue weighted by molar-refractivity contribution is 5.55.